The summed E-state index contributed by atoms with van der Waals surface area (Å²) in [5, 5.41) is 2.96. The molecule has 1 N–H and O–H groups in total. The summed E-state index contributed by atoms with van der Waals surface area (Å²) in [6.07, 6.45) is 2.79. The van der Waals surface area contributed by atoms with Crippen LogP contribution in [0.25, 0.3) is 0 Å². The number of hydrogen-bond acceptors (Lipinski definition) is 4. The first kappa shape index (κ1) is 22.2. The van der Waals surface area contributed by atoms with E-state index < -0.39 is 0 Å². The molecule has 3 heterocycles. The van der Waals surface area contributed by atoms with Crippen LogP contribution in [-0.4, -0.2) is 66.0 Å². The molecule has 3 saturated heterocycles. The van der Waals surface area contributed by atoms with Gasteiger partial charge < -0.3 is 15.0 Å². The maximum atomic E-state index is 13.7. The van der Waals surface area contributed by atoms with E-state index in [2.05, 4.69) is 10.2 Å². The number of carbonyl (C=O) groups is 2. The quantitative estimate of drug-likeness (QED) is 0.721. The Balaban J connectivity index is 1.48. The van der Waals surface area contributed by atoms with Crippen LogP contribution in [0.5, 0.6) is 0 Å². The summed E-state index contributed by atoms with van der Waals surface area (Å²) in [6, 6.07) is 6.93. The largest absolute Gasteiger partial charge is 0.376 e. The van der Waals surface area contributed by atoms with Gasteiger partial charge in [-0.1, -0.05) is 12.1 Å². The highest BCUT2D eigenvalue weighted by molar-refractivity contribution is 5.77. The van der Waals surface area contributed by atoms with Gasteiger partial charge in [-0.05, 0) is 50.3 Å². The third-order valence-electron chi connectivity index (χ3n) is 6.84. The van der Waals surface area contributed by atoms with Crippen LogP contribution in [0.2, 0.25) is 0 Å². The molecule has 0 saturated carbocycles. The SMILES string of the molecule is CC(C)NC(=O)C[C@@H]1OC[C@@H]2[C@H]1[C@H](CC(=O)N1CCCC1)CN2Cc1cccc(F)c1. The summed E-state index contributed by atoms with van der Waals surface area (Å²) in [6.45, 7) is 7.55. The highest BCUT2D eigenvalue weighted by Gasteiger charge is 2.51. The van der Waals surface area contributed by atoms with Crippen LogP contribution >= 0.6 is 0 Å². The van der Waals surface area contributed by atoms with E-state index in [-0.39, 0.29) is 47.7 Å². The minimum atomic E-state index is -0.236. The van der Waals surface area contributed by atoms with Crippen LogP contribution in [0.15, 0.2) is 24.3 Å². The Labute approximate surface area is 184 Å². The van der Waals surface area contributed by atoms with E-state index in [0.717, 1.165) is 38.0 Å². The fourth-order valence-electron chi connectivity index (χ4n) is 5.55. The molecule has 0 unspecified atom stereocenters. The van der Waals surface area contributed by atoms with Crippen molar-refractivity contribution in [2.45, 2.75) is 64.3 Å². The maximum absolute atomic E-state index is 13.7. The number of nitrogens with one attached hydrogen (secondary N) is 1. The van der Waals surface area contributed by atoms with Gasteiger partial charge in [0.25, 0.3) is 0 Å². The average molecular weight is 432 g/mol. The molecule has 0 bridgehead atoms. The van der Waals surface area contributed by atoms with Gasteiger partial charge in [0.1, 0.15) is 5.82 Å². The lowest BCUT2D eigenvalue weighted by atomic mass is 9.84. The number of halogens is 1. The Bertz CT molecular complexity index is 796. The first-order valence-corrected chi connectivity index (χ1v) is 11.6. The number of likely N-dealkylation sites (tertiary alicyclic amines) is 2. The molecule has 1 aromatic rings. The number of ether oxygens (including phenoxy) is 1. The van der Waals surface area contributed by atoms with Crippen LogP contribution in [0, 0.1) is 17.7 Å². The van der Waals surface area contributed by atoms with Gasteiger partial charge in [0.05, 0.1) is 19.1 Å². The monoisotopic (exact) mass is 431 g/mol. The lowest BCUT2D eigenvalue weighted by Gasteiger charge is -2.25. The van der Waals surface area contributed by atoms with Crippen molar-refractivity contribution in [3.63, 3.8) is 0 Å². The topological polar surface area (TPSA) is 61.9 Å². The summed E-state index contributed by atoms with van der Waals surface area (Å²) in [5.41, 5.74) is 0.922. The van der Waals surface area contributed by atoms with E-state index in [4.69, 9.17) is 4.74 Å². The van der Waals surface area contributed by atoms with Crippen molar-refractivity contribution in [3.05, 3.63) is 35.6 Å². The standard InChI is InChI=1S/C24H34FN3O3/c1-16(2)26-22(29)12-21-24-18(11-23(30)27-8-3-4-9-27)14-28(20(24)15-31-21)13-17-6-5-7-19(25)10-17/h5-7,10,16,18,20-21,24H,3-4,8-9,11-15H2,1-2H3,(H,26,29)/t18-,20-,21+,24-/m1/s1. The second-order valence-electron chi connectivity index (χ2n) is 9.55. The van der Waals surface area contributed by atoms with Crippen LogP contribution in [0.3, 0.4) is 0 Å². The summed E-state index contributed by atoms with van der Waals surface area (Å²) >= 11 is 0. The predicted molar refractivity (Wildman–Crippen MR) is 116 cm³/mol. The number of amides is 2. The van der Waals surface area contributed by atoms with Crippen molar-refractivity contribution in [1.29, 1.82) is 0 Å². The Morgan fingerprint density at radius 2 is 2.00 bits per heavy atom. The van der Waals surface area contributed by atoms with E-state index >= 15 is 0 Å². The molecule has 3 aliphatic rings. The smallest absolute Gasteiger partial charge is 0.222 e. The lowest BCUT2D eigenvalue weighted by molar-refractivity contribution is -0.131. The van der Waals surface area contributed by atoms with Crippen LogP contribution in [-0.2, 0) is 20.9 Å². The fraction of sp³-hybridized carbons (Fsp3) is 0.667. The van der Waals surface area contributed by atoms with Crippen molar-refractivity contribution in [3.8, 4) is 0 Å². The van der Waals surface area contributed by atoms with Crippen LogP contribution < -0.4 is 5.32 Å². The average Bonchev–Trinajstić information content (AvgIpc) is 3.42. The first-order chi connectivity index (χ1) is 14.9. The highest BCUT2D eigenvalue weighted by Crippen LogP contribution is 2.42. The molecular formula is C24H34FN3O3. The third-order valence-corrected chi connectivity index (χ3v) is 6.84. The van der Waals surface area contributed by atoms with Gasteiger partial charge in [-0.2, -0.15) is 0 Å². The molecular weight excluding hydrogens is 397 g/mol. The van der Waals surface area contributed by atoms with Gasteiger partial charge in [0, 0.05) is 50.6 Å². The predicted octanol–water partition coefficient (Wildman–Crippen LogP) is 2.57. The van der Waals surface area contributed by atoms with E-state index in [0.29, 0.717) is 26.0 Å². The number of benzene rings is 1. The normalized spacial score (nSPS) is 28.3. The lowest BCUT2D eigenvalue weighted by Crippen LogP contribution is -2.37. The van der Waals surface area contributed by atoms with Crippen molar-refractivity contribution in [2.24, 2.45) is 11.8 Å². The Morgan fingerprint density at radius 1 is 1.23 bits per heavy atom. The van der Waals surface area contributed by atoms with Crippen molar-refractivity contribution < 1.29 is 18.7 Å². The van der Waals surface area contributed by atoms with Crippen molar-refractivity contribution in [2.75, 3.05) is 26.2 Å². The van der Waals surface area contributed by atoms with Crippen molar-refractivity contribution in [1.82, 2.24) is 15.1 Å². The molecule has 1 aromatic carbocycles. The molecule has 3 aliphatic heterocycles. The molecule has 4 atom stereocenters. The zero-order valence-electron chi connectivity index (χ0n) is 18.6. The van der Waals surface area contributed by atoms with Gasteiger partial charge >= 0.3 is 0 Å². The molecule has 6 nitrogen and oxygen atoms in total. The number of carbonyl (C=O) groups excluding carboxylic acids is 2. The second-order valence-corrected chi connectivity index (χ2v) is 9.55. The molecule has 0 spiro atoms. The Morgan fingerprint density at radius 3 is 2.71 bits per heavy atom. The molecule has 7 heteroatoms. The maximum Gasteiger partial charge on any atom is 0.222 e. The first-order valence-electron chi connectivity index (χ1n) is 11.6. The zero-order chi connectivity index (χ0) is 22.0. The highest BCUT2D eigenvalue weighted by atomic mass is 19.1. The number of hydrogen-bond donors (Lipinski definition) is 1. The Kier molecular flexibility index (Phi) is 6.92. The molecule has 0 aromatic heterocycles. The van der Waals surface area contributed by atoms with E-state index in [1.54, 1.807) is 12.1 Å². The molecule has 0 aliphatic carbocycles. The summed E-state index contributed by atoms with van der Waals surface area (Å²) < 4.78 is 19.8. The summed E-state index contributed by atoms with van der Waals surface area (Å²) in [7, 11) is 0. The molecule has 0 radical (unpaired) electrons. The van der Waals surface area contributed by atoms with E-state index in [9.17, 15) is 14.0 Å². The fourth-order valence-corrected chi connectivity index (χ4v) is 5.55. The molecule has 170 valence electrons. The minimum Gasteiger partial charge on any atom is -0.376 e. The van der Waals surface area contributed by atoms with Gasteiger partial charge in [0.15, 0.2) is 0 Å². The molecule has 31 heavy (non-hydrogen) atoms. The van der Waals surface area contributed by atoms with Gasteiger partial charge in [0.2, 0.25) is 11.8 Å². The van der Waals surface area contributed by atoms with Crippen LogP contribution in [0.1, 0.15) is 45.1 Å². The third kappa shape index (κ3) is 5.26. The van der Waals surface area contributed by atoms with Crippen molar-refractivity contribution >= 4 is 11.8 Å². The number of nitrogens with zero attached hydrogens (tertiary/aromatic N) is 2. The minimum absolute atomic E-state index is 0.00569. The number of fused-ring (bicyclic) bond motifs is 1. The van der Waals surface area contributed by atoms with E-state index in [1.807, 2.05) is 24.8 Å². The molecule has 4 rings (SSSR count). The second kappa shape index (κ2) is 9.65. The van der Waals surface area contributed by atoms with Gasteiger partial charge in [-0.3, -0.25) is 14.5 Å². The van der Waals surface area contributed by atoms with Crippen LogP contribution in [0.4, 0.5) is 4.39 Å². The number of rotatable bonds is 7. The summed E-state index contributed by atoms with van der Waals surface area (Å²) in [5.74, 6) is 0.254. The zero-order valence-corrected chi connectivity index (χ0v) is 18.6. The Hall–Kier alpha value is -1.99. The molecule has 3 fully saturated rings. The van der Waals surface area contributed by atoms with E-state index in [1.165, 1.54) is 6.07 Å². The van der Waals surface area contributed by atoms with Gasteiger partial charge in [-0.15, -0.1) is 0 Å². The van der Waals surface area contributed by atoms with Gasteiger partial charge in [-0.25, -0.2) is 4.39 Å². The summed E-state index contributed by atoms with van der Waals surface area (Å²) in [4.78, 5) is 29.6. The molecule has 2 amide bonds.